The molecule has 6 heteroatoms. The number of aromatic carboxylic acids is 1. The van der Waals surface area contributed by atoms with Crippen LogP contribution < -0.4 is 0 Å². The van der Waals surface area contributed by atoms with Gasteiger partial charge in [0.05, 0.1) is 6.20 Å². The first-order valence-electron chi connectivity index (χ1n) is 3.84. The molecule has 2 rings (SSSR count). The third kappa shape index (κ3) is 1.33. The summed E-state index contributed by atoms with van der Waals surface area (Å²) in [6.45, 7) is 0. The van der Waals surface area contributed by atoms with Gasteiger partial charge in [-0.25, -0.2) is 9.48 Å². The maximum Gasteiger partial charge on any atom is 0.354 e. The summed E-state index contributed by atoms with van der Waals surface area (Å²) in [5.74, 6) is -0.664. The number of rotatable bonds is 2. The molecule has 1 N–H and O–H groups in total. The van der Waals surface area contributed by atoms with Crippen LogP contribution in [0, 0.1) is 0 Å². The number of hydrogen-bond donors (Lipinski definition) is 1. The van der Waals surface area contributed by atoms with Gasteiger partial charge in [0, 0.05) is 6.20 Å². The molecule has 0 aliphatic heterocycles. The van der Waals surface area contributed by atoms with Crippen molar-refractivity contribution in [2.45, 2.75) is 0 Å². The molecule has 0 bridgehead atoms. The molecule has 70 valence electrons. The van der Waals surface area contributed by atoms with E-state index in [1.54, 1.807) is 12.1 Å². The minimum absolute atomic E-state index is 0.0606. The Morgan fingerprint density at radius 3 is 2.86 bits per heavy atom. The Kier molecular flexibility index (Phi) is 1.94. The van der Waals surface area contributed by atoms with Crippen LogP contribution in [-0.2, 0) is 0 Å². The molecule has 2 heterocycles. The van der Waals surface area contributed by atoms with Crippen molar-refractivity contribution in [3.05, 3.63) is 36.3 Å². The smallest absolute Gasteiger partial charge is 0.354 e. The van der Waals surface area contributed by atoms with Crippen LogP contribution in [0.4, 0.5) is 0 Å². The van der Waals surface area contributed by atoms with Crippen LogP contribution in [-0.4, -0.2) is 31.1 Å². The summed E-state index contributed by atoms with van der Waals surface area (Å²) in [5, 5.41) is 20.0. The van der Waals surface area contributed by atoms with Gasteiger partial charge in [-0.3, -0.25) is 0 Å². The Morgan fingerprint density at radius 1 is 1.36 bits per heavy atom. The van der Waals surface area contributed by atoms with Gasteiger partial charge in [-0.05, 0) is 18.2 Å². The average Bonchev–Trinajstić information content (AvgIpc) is 2.67. The van der Waals surface area contributed by atoms with Crippen molar-refractivity contribution in [3.63, 3.8) is 0 Å². The van der Waals surface area contributed by atoms with Crippen LogP contribution in [0.3, 0.4) is 0 Å². The van der Waals surface area contributed by atoms with E-state index in [9.17, 15) is 4.79 Å². The molecule has 0 aliphatic rings. The lowest BCUT2D eigenvalue weighted by Crippen LogP contribution is -2.09. The normalized spacial score (nSPS) is 10.0. The first-order chi connectivity index (χ1) is 6.79. The van der Waals surface area contributed by atoms with E-state index in [1.165, 1.54) is 23.1 Å². The molecule has 0 amide bonds. The third-order valence-electron chi connectivity index (χ3n) is 1.64. The molecule has 14 heavy (non-hydrogen) atoms. The van der Waals surface area contributed by atoms with E-state index in [0.29, 0.717) is 5.82 Å². The number of aromatic nitrogens is 4. The summed E-state index contributed by atoms with van der Waals surface area (Å²) < 4.78 is 1.22. The van der Waals surface area contributed by atoms with Crippen molar-refractivity contribution < 1.29 is 9.90 Å². The predicted octanol–water partition coefficient (Wildman–Crippen LogP) is 0.360. The lowest BCUT2D eigenvalue weighted by molar-refractivity contribution is 0.0687. The zero-order chi connectivity index (χ0) is 9.97. The third-order valence-corrected chi connectivity index (χ3v) is 1.64. The average molecular weight is 190 g/mol. The Balaban J connectivity index is 2.52. The number of hydrogen-bond acceptors (Lipinski definition) is 4. The Labute approximate surface area is 78.8 Å². The van der Waals surface area contributed by atoms with E-state index in [2.05, 4.69) is 15.3 Å². The van der Waals surface area contributed by atoms with Crippen molar-refractivity contribution >= 4 is 5.97 Å². The van der Waals surface area contributed by atoms with Gasteiger partial charge in [0.2, 0.25) is 0 Å². The van der Waals surface area contributed by atoms with Crippen LogP contribution in [0.2, 0.25) is 0 Å². The molecule has 0 atom stereocenters. The first kappa shape index (κ1) is 8.36. The Hall–Kier alpha value is -2.24. The molecule has 0 radical (unpaired) electrons. The topological polar surface area (TPSA) is 80.9 Å². The SMILES string of the molecule is O=C(O)c1ccnn1-c1cccnn1. The van der Waals surface area contributed by atoms with Gasteiger partial charge >= 0.3 is 5.97 Å². The maximum absolute atomic E-state index is 10.7. The molecule has 0 spiro atoms. The second-order valence-corrected chi connectivity index (χ2v) is 2.52. The van der Waals surface area contributed by atoms with Gasteiger partial charge in [0.15, 0.2) is 11.5 Å². The van der Waals surface area contributed by atoms with Crippen LogP contribution >= 0.6 is 0 Å². The molecule has 0 unspecified atom stereocenters. The molecule has 0 saturated carbocycles. The number of carbonyl (C=O) groups is 1. The fourth-order valence-corrected chi connectivity index (χ4v) is 1.05. The van der Waals surface area contributed by atoms with Crippen LogP contribution in [0.1, 0.15) is 10.5 Å². The van der Waals surface area contributed by atoms with Crippen LogP contribution in [0.5, 0.6) is 0 Å². The zero-order valence-electron chi connectivity index (χ0n) is 7.03. The Bertz CT molecular complexity index is 451. The summed E-state index contributed by atoms with van der Waals surface area (Å²) in [6.07, 6.45) is 2.91. The lowest BCUT2D eigenvalue weighted by Gasteiger charge is -2.00. The highest BCUT2D eigenvalue weighted by molar-refractivity contribution is 5.86. The molecule has 0 fully saturated rings. The van der Waals surface area contributed by atoms with Crippen molar-refractivity contribution in [3.8, 4) is 5.82 Å². The maximum atomic E-state index is 10.7. The van der Waals surface area contributed by atoms with Gasteiger partial charge in [-0.15, -0.1) is 5.10 Å². The standard InChI is InChI=1S/C8H6N4O2/c13-8(14)6-3-5-10-12(6)7-2-1-4-9-11-7/h1-5H,(H,13,14). The minimum atomic E-state index is -1.05. The number of carboxylic acids is 1. The largest absolute Gasteiger partial charge is 0.477 e. The summed E-state index contributed by atoms with van der Waals surface area (Å²) >= 11 is 0. The molecular weight excluding hydrogens is 184 g/mol. The minimum Gasteiger partial charge on any atom is -0.477 e. The summed E-state index contributed by atoms with van der Waals surface area (Å²) in [4.78, 5) is 10.7. The molecule has 6 nitrogen and oxygen atoms in total. The van der Waals surface area contributed by atoms with Crippen molar-refractivity contribution in [2.24, 2.45) is 0 Å². The summed E-state index contributed by atoms with van der Waals surface area (Å²) in [7, 11) is 0. The molecule has 2 aromatic heterocycles. The predicted molar refractivity (Wildman–Crippen MR) is 46.1 cm³/mol. The van der Waals surface area contributed by atoms with Gasteiger partial charge in [-0.2, -0.15) is 10.2 Å². The van der Waals surface area contributed by atoms with E-state index < -0.39 is 5.97 Å². The number of carboxylic acid groups (broad SMARTS) is 1. The highest BCUT2D eigenvalue weighted by Gasteiger charge is 2.11. The molecule has 0 aliphatic carbocycles. The molecule has 0 aromatic carbocycles. The molecule has 0 saturated heterocycles. The summed E-state index contributed by atoms with van der Waals surface area (Å²) in [5.41, 5.74) is 0.0606. The lowest BCUT2D eigenvalue weighted by atomic mass is 10.4. The highest BCUT2D eigenvalue weighted by atomic mass is 16.4. The monoisotopic (exact) mass is 190 g/mol. The van der Waals surface area contributed by atoms with Gasteiger partial charge < -0.3 is 5.11 Å². The van der Waals surface area contributed by atoms with Crippen LogP contribution in [0.15, 0.2) is 30.6 Å². The molecular formula is C8H6N4O2. The fraction of sp³-hybridized carbons (Fsp3) is 0. The zero-order valence-corrected chi connectivity index (χ0v) is 7.03. The van der Waals surface area contributed by atoms with Crippen molar-refractivity contribution in [1.82, 2.24) is 20.0 Å². The first-order valence-corrected chi connectivity index (χ1v) is 3.84. The summed E-state index contributed by atoms with van der Waals surface area (Å²) in [6, 6.07) is 4.69. The van der Waals surface area contributed by atoms with E-state index in [4.69, 9.17) is 5.11 Å². The second kappa shape index (κ2) is 3.25. The van der Waals surface area contributed by atoms with E-state index in [0.717, 1.165) is 0 Å². The van der Waals surface area contributed by atoms with Gasteiger partial charge in [0.25, 0.3) is 0 Å². The van der Waals surface area contributed by atoms with E-state index >= 15 is 0 Å². The fourth-order valence-electron chi connectivity index (χ4n) is 1.05. The molecule has 2 aromatic rings. The van der Waals surface area contributed by atoms with Crippen molar-refractivity contribution in [1.29, 1.82) is 0 Å². The van der Waals surface area contributed by atoms with Gasteiger partial charge in [-0.1, -0.05) is 0 Å². The van der Waals surface area contributed by atoms with Crippen molar-refractivity contribution in [2.75, 3.05) is 0 Å². The second-order valence-electron chi connectivity index (χ2n) is 2.52. The van der Waals surface area contributed by atoms with Crippen LogP contribution in [0.25, 0.3) is 5.82 Å². The highest BCUT2D eigenvalue weighted by Crippen LogP contribution is 2.05. The van der Waals surface area contributed by atoms with Gasteiger partial charge in [0.1, 0.15) is 0 Å². The quantitative estimate of drug-likeness (QED) is 0.739. The van der Waals surface area contributed by atoms with E-state index in [1.807, 2.05) is 0 Å². The van der Waals surface area contributed by atoms with E-state index in [-0.39, 0.29) is 5.69 Å². The Morgan fingerprint density at radius 2 is 2.21 bits per heavy atom. The number of nitrogens with zero attached hydrogens (tertiary/aromatic N) is 4.